The summed E-state index contributed by atoms with van der Waals surface area (Å²) in [4.78, 5) is 8.45. The Morgan fingerprint density at radius 1 is 1.32 bits per heavy atom. The first-order valence-corrected chi connectivity index (χ1v) is 8.31. The van der Waals surface area contributed by atoms with Crippen molar-refractivity contribution in [3.05, 3.63) is 28.7 Å². The van der Waals surface area contributed by atoms with E-state index < -0.39 is 11.9 Å². The maximum absolute atomic E-state index is 13.1. The summed E-state index contributed by atoms with van der Waals surface area (Å²) in [6.07, 6.45) is -3.71. The lowest BCUT2D eigenvalue weighted by Crippen LogP contribution is -2.13. The minimum absolute atomic E-state index is 0.0706. The first-order chi connectivity index (χ1) is 11.9. The summed E-state index contributed by atoms with van der Waals surface area (Å²) in [5.41, 5.74) is -0.301. The van der Waals surface area contributed by atoms with E-state index in [4.69, 9.17) is 9.26 Å². The Morgan fingerprint density at radius 3 is 2.88 bits per heavy atom. The van der Waals surface area contributed by atoms with Gasteiger partial charge in [0.05, 0.1) is 12.3 Å². The molecule has 3 aromatic heterocycles. The van der Waals surface area contributed by atoms with Crippen molar-refractivity contribution in [2.45, 2.75) is 25.4 Å². The molecule has 3 aromatic rings. The largest absolute Gasteiger partial charge is 0.433 e. The maximum Gasteiger partial charge on any atom is 0.433 e. The summed E-state index contributed by atoms with van der Waals surface area (Å²) in [5, 5.41) is 9.44. The zero-order valence-corrected chi connectivity index (χ0v) is 13.8. The van der Waals surface area contributed by atoms with Crippen molar-refractivity contribution < 1.29 is 22.4 Å². The molecular weight excluding hydrogens is 359 g/mol. The number of halogens is 3. The number of ether oxygens (including phenoxy) is 1. The van der Waals surface area contributed by atoms with Gasteiger partial charge in [0.25, 0.3) is 5.89 Å². The zero-order valence-electron chi connectivity index (χ0n) is 12.9. The molecule has 4 rings (SSSR count). The first kappa shape index (κ1) is 16.2. The number of aromatic nitrogens is 5. The molecule has 0 saturated carbocycles. The molecule has 1 aliphatic rings. The summed E-state index contributed by atoms with van der Waals surface area (Å²) in [5.74, 6) is 0.760. The molecule has 4 heterocycles. The van der Waals surface area contributed by atoms with E-state index >= 15 is 0 Å². The number of nitrogens with zero attached hydrogens (tertiary/aromatic N) is 5. The van der Waals surface area contributed by atoms with Crippen LogP contribution in [0.2, 0.25) is 0 Å². The van der Waals surface area contributed by atoms with E-state index in [1.54, 1.807) is 5.38 Å². The van der Waals surface area contributed by atoms with Crippen molar-refractivity contribution in [1.29, 1.82) is 0 Å². The Hall–Kier alpha value is -2.27. The van der Waals surface area contributed by atoms with Gasteiger partial charge in [-0.25, -0.2) is 9.67 Å². The highest BCUT2D eigenvalue weighted by Crippen LogP contribution is 2.33. The van der Waals surface area contributed by atoms with Gasteiger partial charge in [0.1, 0.15) is 5.69 Å². The molecule has 1 aliphatic heterocycles. The Kier molecular flexibility index (Phi) is 3.84. The van der Waals surface area contributed by atoms with Gasteiger partial charge in [-0.1, -0.05) is 5.16 Å². The van der Waals surface area contributed by atoms with Crippen LogP contribution in [0.25, 0.3) is 16.7 Å². The highest BCUT2D eigenvalue weighted by molar-refractivity contribution is 7.12. The smallest absolute Gasteiger partial charge is 0.381 e. The molecular formula is C14H12F3N5O2S. The van der Waals surface area contributed by atoms with Crippen LogP contribution in [0.1, 0.15) is 29.6 Å². The second-order valence-electron chi connectivity index (χ2n) is 5.61. The van der Waals surface area contributed by atoms with Gasteiger partial charge < -0.3 is 9.26 Å². The predicted octanol–water partition coefficient (Wildman–Crippen LogP) is 3.21. The molecule has 0 bridgehead atoms. The highest BCUT2D eigenvalue weighted by atomic mass is 32.1. The fourth-order valence-electron chi connectivity index (χ4n) is 2.55. The van der Waals surface area contributed by atoms with Crippen molar-refractivity contribution in [2.24, 2.45) is 0 Å². The molecule has 1 fully saturated rings. The van der Waals surface area contributed by atoms with E-state index in [-0.39, 0.29) is 22.6 Å². The molecule has 1 atom stereocenters. The third kappa shape index (κ3) is 3.04. The average Bonchev–Trinajstić information content (AvgIpc) is 3.31. The van der Waals surface area contributed by atoms with E-state index in [0.29, 0.717) is 24.7 Å². The first-order valence-electron chi connectivity index (χ1n) is 7.43. The minimum atomic E-state index is -4.52. The van der Waals surface area contributed by atoms with Gasteiger partial charge in [0, 0.05) is 17.9 Å². The number of hydrogen-bond donors (Lipinski definition) is 0. The molecule has 0 aromatic carbocycles. The fourth-order valence-corrected chi connectivity index (χ4v) is 3.31. The number of alkyl halides is 3. The summed E-state index contributed by atoms with van der Waals surface area (Å²) in [7, 11) is 0. The van der Waals surface area contributed by atoms with E-state index in [1.165, 1.54) is 6.92 Å². The van der Waals surface area contributed by atoms with Crippen LogP contribution in [0, 0.1) is 6.92 Å². The second kappa shape index (κ2) is 5.92. The molecule has 0 radical (unpaired) electrons. The minimum Gasteiger partial charge on any atom is -0.381 e. The highest BCUT2D eigenvalue weighted by Gasteiger charge is 2.36. The van der Waals surface area contributed by atoms with Crippen LogP contribution in [0.4, 0.5) is 13.2 Å². The zero-order chi connectivity index (χ0) is 17.6. The van der Waals surface area contributed by atoms with Crippen LogP contribution < -0.4 is 0 Å². The van der Waals surface area contributed by atoms with E-state index in [1.807, 2.05) is 0 Å². The number of aryl methyl sites for hydroxylation is 1. The monoisotopic (exact) mass is 371 g/mol. The Bertz CT molecular complexity index is 895. The van der Waals surface area contributed by atoms with Crippen LogP contribution in [0.5, 0.6) is 0 Å². The maximum atomic E-state index is 13.1. The molecule has 0 amide bonds. The van der Waals surface area contributed by atoms with Gasteiger partial charge in [-0.3, -0.25) is 0 Å². The van der Waals surface area contributed by atoms with Crippen LogP contribution in [-0.4, -0.2) is 38.1 Å². The van der Waals surface area contributed by atoms with Gasteiger partial charge in [0.2, 0.25) is 5.13 Å². The van der Waals surface area contributed by atoms with E-state index in [0.717, 1.165) is 28.5 Å². The molecule has 0 unspecified atom stereocenters. The van der Waals surface area contributed by atoms with Gasteiger partial charge in [-0.15, -0.1) is 11.3 Å². The van der Waals surface area contributed by atoms with Crippen molar-refractivity contribution >= 4 is 11.3 Å². The van der Waals surface area contributed by atoms with Crippen LogP contribution in [0.15, 0.2) is 16.0 Å². The topological polar surface area (TPSA) is 78.9 Å². The molecule has 0 aliphatic carbocycles. The number of thiazole rings is 1. The number of rotatable bonds is 3. The predicted molar refractivity (Wildman–Crippen MR) is 80.4 cm³/mol. The average molecular weight is 371 g/mol. The van der Waals surface area contributed by atoms with E-state index in [9.17, 15) is 13.2 Å². The number of hydrogen-bond acceptors (Lipinski definition) is 7. The van der Waals surface area contributed by atoms with Crippen molar-refractivity contribution in [3.8, 4) is 16.7 Å². The van der Waals surface area contributed by atoms with Crippen molar-refractivity contribution in [3.63, 3.8) is 0 Å². The van der Waals surface area contributed by atoms with Gasteiger partial charge in [-0.05, 0) is 19.4 Å². The molecule has 25 heavy (non-hydrogen) atoms. The lowest BCUT2D eigenvalue weighted by molar-refractivity contribution is -0.142. The van der Waals surface area contributed by atoms with Crippen molar-refractivity contribution in [1.82, 2.24) is 24.9 Å². The van der Waals surface area contributed by atoms with Crippen LogP contribution in [0.3, 0.4) is 0 Å². The Labute approximate surface area is 143 Å². The summed E-state index contributed by atoms with van der Waals surface area (Å²) >= 11 is 1.02. The molecule has 0 N–H and O–H groups in total. The van der Waals surface area contributed by atoms with Crippen molar-refractivity contribution in [2.75, 3.05) is 13.2 Å². The van der Waals surface area contributed by atoms with Crippen LogP contribution in [-0.2, 0) is 10.9 Å². The van der Waals surface area contributed by atoms with E-state index in [2.05, 4.69) is 20.2 Å². The van der Waals surface area contributed by atoms with Gasteiger partial charge in [-0.2, -0.15) is 23.3 Å². The van der Waals surface area contributed by atoms with Crippen LogP contribution >= 0.6 is 11.3 Å². The lowest BCUT2D eigenvalue weighted by atomic mass is 10.1. The molecule has 0 spiro atoms. The van der Waals surface area contributed by atoms with Gasteiger partial charge in [0.15, 0.2) is 11.5 Å². The molecule has 132 valence electrons. The summed E-state index contributed by atoms with van der Waals surface area (Å²) in [6, 6.07) is 0.978. The SMILES string of the molecule is Cc1cc(C(F)(F)F)n(-c2nc(-c3nc([C@H]4CCOC4)no3)cs2)n1. The normalized spacial score (nSPS) is 18.2. The molecule has 11 heteroatoms. The van der Waals surface area contributed by atoms with Gasteiger partial charge >= 0.3 is 6.18 Å². The Balaban J connectivity index is 1.65. The quantitative estimate of drug-likeness (QED) is 0.703. The molecule has 1 saturated heterocycles. The third-order valence-electron chi connectivity index (χ3n) is 3.75. The summed E-state index contributed by atoms with van der Waals surface area (Å²) < 4.78 is 50.6. The molecule has 7 nitrogen and oxygen atoms in total. The second-order valence-corrected chi connectivity index (χ2v) is 6.45. The Morgan fingerprint density at radius 2 is 2.16 bits per heavy atom. The fraction of sp³-hybridized carbons (Fsp3) is 0.429. The summed E-state index contributed by atoms with van der Waals surface area (Å²) in [6.45, 7) is 2.67. The standard InChI is InChI=1S/C14H12F3N5O2S/c1-7-4-10(14(15,16)17)22(20-7)13-18-9(6-25-13)12-19-11(21-24-12)8-2-3-23-5-8/h4,6,8H,2-3,5H2,1H3/t8-/m0/s1. The third-order valence-corrected chi connectivity index (χ3v) is 4.57. The lowest BCUT2D eigenvalue weighted by Gasteiger charge is -2.06.